The first-order chi connectivity index (χ1) is 18.1. The van der Waals surface area contributed by atoms with Gasteiger partial charge in [0.1, 0.15) is 11.7 Å². The van der Waals surface area contributed by atoms with Gasteiger partial charge in [0.2, 0.25) is 5.88 Å². The zero-order chi connectivity index (χ0) is 27.4. The number of aromatic nitrogens is 3. The molecule has 0 spiro atoms. The molecule has 1 aromatic carbocycles. The molecule has 0 saturated carbocycles. The van der Waals surface area contributed by atoms with E-state index in [4.69, 9.17) is 4.74 Å². The highest BCUT2D eigenvalue weighted by molar-refractivity contribution is 7.89. The minimum atomic E-state index is -3.85. The number of likely N-dealkylation sites (N-methyl/N-ethyl adjacent to an activating group) is 1. The maximum absolute atomic E-state index is 13.6. The Kier molecular flexibility index (Phi) is 8.29. The molecule has 0 aliphatic carbocycles. The van der Waals surface area contributed by atoms with Gasteiger partial charge in [-0.1, -0.05) is 49.4 Å². The van der Waals surface area contributed by atoms with Gasteiger partial charge in [-0.3, -0.25) is 4.79 Å². The molecule has 2 aromatic heterocycles. The number of hydrogen-bond acceptors (Lipinski definition) is 7. The number of hydrogen-bond donors (Lipinski definition) is 1. The first kappa shape index (κ1) is 27.5. The minimum Gasteiger partial charge on any atom is -0.472 e. The van der Waals surface area contributed by atoms with Crippen LogP contribution in [0.5, 0.6) is 5.88 Å². The first-order valence-corrected chi connectivity index (χ1v) is 13.8. The van der Waals surface area contributed by atoms with E-state index in [-0.39, 0.29) is 48.0 Å². The van der Waals surface area contributed by atoms with Crippen LogP contribution in [0.3, 0.4) is 0 Å². The monoisotopic (exact) mass is 539 g/mol. The summed E-state index contributed by atoms with van der Waals surface area (Å²) in [6, 6.07) is 11.0. The molecule has 3 aromatic rings. The van der Waals surface area contributed by atoms with Gasteiger partial charge in [0.05, 0.1) is 25.5 Å². The van der Waals surface area contributed by atoms with Crippen LogP contribution in [0.25, 0.3) is 12.2 Å². The highest BCUT2D eigenvalue weighted by atomic mass is 32.2. The summed E-state index contributed by atoms with van der Waals surface area (Å²) in [5, 5.41) is 9.81. The third kappa shape index (κ3) is 5.95. The smallest absolute Gasteiger partial charge is 0.261 e. The lowest BCUT2D eigenvalue weighted by atomic mass is 10.00. The summed E-state index contributed by atoms with van der Waals surface area (Å²) in [7, 11) is -0.677. The van der Waals surface area contributed by atoms with E-state index in [1.54, 1.807) is 35.7 Å². The van der Waals surface area contributed by atoms with Crippen molar-refractivity contribution in [2.45, 2.75) is 31.0 Å². The van der Waals surface area contributed by atoms with Gasteiger partial charge in [-0.2, -0.15) is 4.31 Å². The highest BCUT2D eigenvalue weighted by Crippen LogP contribution is 2.28. The largest absolute Gasteiger partial charge is 0.472 e. The van der Waals surface area contributed by atoms with Crippen molar-refractivity contribution in [2.24, 2.45) is 13.0 Å². The fourth-order valence-corrected chi connectivity index (χ4v) is 5.36. The van der Waals surface area contributed by atoms with E-state index in [1.807, 2.05) is 49.4 Å². The van der Waals surface area contributed by atoms with Crippen LogP contribution >= 0.6 is 0 Å². The molecule has 1 N–H and O–H groups in total. The van der Waals surface area contributed by atoms with E-state index in [0.29, 0.717) is 5.56 Å². The quantitative estimate of drug-likeness (QED) is 0.467. The summed E-state index contributed by atoms with van der Waals surface area (Å²) in [5.74, 6) is -0.437. The van der Waals surface area contributed by atoms with Gasteiger partial charge in [0.15, 0.2) is 5.03 Å². The number of aliphatic hydroxyl groups is 1. The van der Waals surface area contributed by atoms with Crippen molar-refractivity contribution in [1.82, 2.24) is 23.7 Å². The molecule has 11 heteroatoms. The fraction of sp³-hybridized carbons (Fsp3) is 0.370. The van der Waals surface area contributed by atoms with Crippen molar-refractivity contribution in [3.05, 3.63) is 71.8 Å². The third-order valence-electron chi connectivity index (χ3n) is 6.60. The molecule has 1 aliphatic rings. The van der Waals surface area contributed by atoms with Crippen LogP contribution < -0.4 is 4.74 Å². The number of aryl methyl sites for hydroxylation is 1. The second-order valence-corrected chi connectivity index (χ2v) is 11.6. The summed E-state index contributed by atoms with van der Waals surface area (Å²) in [4.78, 5) is 23.6. The number of pyridine rings is 1. The van der Waals surface area contributed by atoms with Gasteiger partial charge in [0, 0.05) is 39.0 Å². The van der Waals surface area contributed by atoms with Crippen molar-refractivity contribution in [3.8, 4) is 5.88 Å². The number of nitrogens with zero attached hydrogens (tertiary/aromatic N) is 5. The van der Waals surface area contributed by atoms with Crippen LogP contribution in [0.2, 0.25) is 0 Å². The molecule has 3 atom stereocenters. The zero-order valence-electron chi connectivity index (χ0n) is 21.9. The maximum Gasteiger partial charge on any atom is 0.261 e. The Morgan fingerprint density at radius 3 is 2.58 bits per heavy atom. The standard InChI is InChI=1S/C27H33N5O5S/c1-19-14-32(20(2)17-33)27(34)23-12-22(11-10-21-8-6-5-7-9-21)13-28-26(23)37-24(19)15-31(4)38(35,36)25-16-30(3)18-29-25/h5-13,16,18-20,24,33H,14-15,17H2,1-4H3/b11-10+/t19-,20-,24-/m0/s1. The Hall–Kier alpha value is -3.54. The first-order valence-electron chi connectivity index (χ1n) is 12.4. The number of imidazole rings is 1. The number of carbonyl (C=O) groups excluding carboxylic acids is 1. The second kappa shape index (κ2) is 11.5. The van der Waals surface area contributed by atoms with Crippen LogP contribution in [-0.4, -0.2) is 82.1 Å². The number of carbonyl (C=O) groups is 1. The van der Waals surface area contributed by atoms with Crippen LogP contribution in [0, 0.1) is 5.92 Å². The van der Waals surface area contributed by atoms with Gasteiger partial charge in [-0.15, -0.1) is 0 Å². The zero-order valence-corrected chi connectivity index (χ0v) is 22.7. The summed E-state index contributed by atoms with van der Waals surface area (Å²) in [6.45, 7) is 3.73. The van der Waals surface area contributed by atoms with E-state index in [1.165, 1.54) is 23.9 Å². The van der Waals surface area contributed by atoms with Crippen LogP contribution in [-0.2, 0) is 17.1 Å². The average Bonchev–Trinajstić information content (AvgIpc) is 3.36. The molecule has 0 saturated heterocycles. The molecule has 3 heterocycles. The number of fused-ring (bicyclic) bond motifs is 1. The van der Waals surface area contributed by atoms with Crippen molar-refractivity contribution < 1.29 is 23.1 Å². The molecule has 0 bridgehead atoms. The van der Waals surface area contributed by atoms with Gasteiger partial charge >= 0.3 is 0 Å². The van der Waals surface area contributed by atoms with Crippen LogP contribution in [0.4, 0.5) is 0 Å². The number of sulfonamides is 1. The topological polar surface area (TPSA) is 118 Å². The molecule has 4 rings (SSSR count). The average molecular weight is 540 g/mol. The highest BCUT2D eigenvalue weighted by Gasteiger charge is 2.36. The van der Waals surface area contributed by atoms with Crippen molar-refractivity contribution in [3.63, 3.8) is 0 Å². The summed E-state index contributed by atoms with van der Waals surface area (Å²) < 4.78 is 35.2. The SMILES string of the molecule is C[C@H]1CN([C@@H](C)CO)C(=O)c2cc(/C=C/c3ccccc3)cnc2O[C@H]1CN(C)S(=O)(=O)c1cn(C)cn1. The van der Waals surface area contributed by atoms with Crippen molar-refractivity contribution in [2.75, 3.05) is 26.7 Å². The number of aliphatic hydroxyl groups excluding tert-OH is 1. The van der Waals surface area contributed by atoms with E-state index in [0.717, 1.165) is 5.56 Å². The summed E-state index contributed by atoms with van der Waals surface area (Å²) in [6.07, 6.45) is 7.66. The predicted molar refractivity (Wildman–Crippen MR) is 144 cm³/mol. The lowest BCUT2D eigenvalue weighted by Gasteiger charge is -2.37. The summed E-state index contributed by atoms with van der Waals surface area (Å²) >= 11 is 0. The van der Waals surface area contributed by atoms with E-state index >= 15 is 0 Å². The van der Waals surface area contributed by atoms with Crippen LogP contribution in [0.15, 0.2) is 60.1 Å². The summed E-state index contributed by atoms with van der Waals surface area (Å²) in [5.41, 5.74) is 1.97. The number of amides is 1. The second-order valence-electron chi connectivity index (χ2n) is 9.65. The molecule has 38 heavy (non-hydrogen) atoms. The molecule has 0 radical (unpaired) electrons. The molecule has 10 nitrogen and oxygen atoms in total. The molecule has 1 aliphatic heterocycles. The molecule has 0 fully saturated rings. The van der Waals surface area contributed by atoms with Gasteiger partial charge in [-0.05, 0) is 24.1 Å². The van der Waals surface area contributed by atoms with Crippen molar-refractivity contribution in [1.29, 1.82) is 0 Å². The maximum atomic E-state index is 13.6. The normalized spacial score (nSPS) is 19.2. The van der Waals surface area contributed by atoms with E-state index in [2.05, 4.69) is 9.97 Å². The Morgan fingerprint density at radius 1 is 1.21 bits per heavy atom. The fourth-order valence-electron chi connectivity index (χ4n) is 4.22. The van der Waals surface area contributed by atoms with Gasteiger partial charge < -0.3 is 19.3 Å². The van der Waals surface area contributed by atoms with Gasteiger partial charge in [-0.25, -0.2) is 18.4 Å². The Balaban J connectivity index is 1.66. The van der Waals surface area contributed by atoms with Gasteiger partial charge in [0.25, 0.3) is 15.9 Å². The molecular formula is C27H33N5O5S. The minimum absolute atomic E-state index is 0.0202. The lowest BCUT2D eigenvalue weighted by Crippen LogP contribution is -2.50. The Bertz CT molecular complexity index is 1410. The van der Waals surface area contributed by atoms with E-state index < -0.39 is 22.2 Å². The lowest BCUT2D eigenvalue weighted by molar-refractivity contribution is 0.0373. The molecular weight excluding hydrogens is 506 g/mol. The molecule has 0 unspecified atom stereocenters. The predicted octanol–water partition coefficient (Wildman–Crippen LogP) is 2.53. The number of rotatable bonds is 8. The number of benzene rings is 1. The van der Waals surface area contributed by atoms with E-state index in [9.17, 15) is 18.3 Å². The number of ether oxygens (including phenoxy) is 1. The van der Waals surface area contributed by atoms with Crippen LogP contribution in [0.1, 0.15) is 35.3 Å². The molecule has 202 valence electrons. The molecule has 1 amide bonds. The Labute approximate surface area is 223 Å². The van der Waals surface area contributed by atoms with Crippen molar-refractivity contribution >= 4 is 28.1 Å². The Morgan fingerprint density at radius 2 is 1.92 bits per heavy atom. The third-order valence-corrected chi connectivity index (χ3v) is 8.31.